The Morgan fingerprint density at radius 2 is 1.67 bits per heavy atom. The molecule has 0 bridgehead atoms. The van der Waals surface area contributed by atoms with E-state index in [0.29, 0.717) is 11.3 Å². The first-order chi connectivity index (χ1) is 11.2. The maximum atomic E-state index is 13.0. The van der Waals surface area contributed by atoms with Gasteiger partial charge in [0.15, 0.2) is 14.6 Å². The van der Waals surface area contributed by atoms with E-state index in [-0.39, 0.29) is 11.3 Å². The van der Waals surface area contributed by atoms with Crippen molar-refractivity contribution in [3.05, 3.63) is 58.6 Å². The largest absolute Gasteiger partial charge is 0.497 e. The van der Waals surface area contributed by atoms with Crippen LogP contribution in [0.5, 0.6) is 5.75 Å². The summed E-state index contributed by atoms with van der Waals surface area (Å²) >= 11 is 3.32. The summed E-state index contributed by atoms with van der Waals surface area (Å²) in [5, 5.41) is 0. The van der Waals surface area contributed by atoms with Crippen LogP contribution in [0.2, 0.25) is 0 Å². The molecule has 0 aliphatic heterocycles. The van der Waals surface area contributed by atoms with Crippen LogP contribution in [0.25, 0.3) is 0 Å². The molecule has 0 radical (unpaired) electrons. The Hall–Kier alpha value is -1.86. The Labute approximate surface area is 149 Å². The summed E-state index contributed by atoms with van der Waals surface area (Å²) in [6, 6.07) is 13.0. The second kappa shape index (κ2) is 6.94. The van der Waals surface area contributed by atoms with Crippen LogP contribution in [-0.2, 0) is 21.1 Å². The van der Waals surface area contributed by atoms with Crippen molar-refractivity contribution >= 4 is 31.7 Å². The normalized spacial score (nSPS) is 14.0. The monoisotopic (exact) mass is 411 g/mol. The average Bonchev–Trinajstić information content (AvgIpc) is 2.56. The Morgan fingerprint density at radius 3 is 2.12 bits per heavy atom. The van der Waals surface area contributed by atoms with E-state index in [0.717, 1.165) is 4.47 Å². The minimum atomic E-state index is -3.97. The van der Waals surface area contributed by atoms with Crippen LogP contribution in [-0.4, -0.2) is 26.2 Å². The van der Waals surface area contributed by atoms with Gasteiger partial charge < -0.3 is 10.5 Å². The Kier molecular flexibility index (Phi) is 5.35. The van der Waals surface area contributed by atoms with Crippen molar-refractivity contribution in [3.8, 4) is 5.75 Å². The van der Waals surface area contributed by atoms with Crippen LogP contribution in [0, 0.1) is 0 Å². The highest BCUT2D eigenvalue weighted by Crippen LogP contribution is 2.30. The molecule has 1 unspecified atom stereocenters. The molecule has 2 N–H and O–H groups in total. The molecular formula is C17H18BrNO4S. The fraction of sp³-hybridized carbons (Fsp3) is 0.235. The van der Waals surface area contributed by atoms with Crippen molar-refractivity contribution in [2.24, 2.45) is 5.73 Å². The molecule has 2 rings (SSSR count). The van der Waals surface area contributed by atoms with E-state index in [1.165, 1.54) is 38.3 Å². The maximum Gasteiger partial charge on any atom is 0.239 e. The molecule has 0 fully saturated rings. The van der Waals surface area contributed by atoms with Crippen LogP contribution in [0.1, 0.15) is 12.5 Å². The third-order valence-corrected chi connectivity index (χ3v) is 6.89. The van der Waals surface area contributed by atoms with Crippen molar-refractivity contribution in [1.82, 2.24) is 0 Å². The van der Waals surface area contributed by atoms with Crippen LogP contribution in [0.4, 0.5) is 0 Å². The highest BCUT2D eigenvalue weighted by Gasteiger charge is 2.45. The van der Waals surface area contributed by atoms with Crippen molar-refractivity contribution in [1.29, 1.82) is 0 Å². The zero-order valence-electron chi connectivity index (χ0n) is 13.3. The van der Waals surface area contributed by atoms with Gasteiger partial charge in [-0.15, -0.1) is 0 Å². The van der Waals surface area contributed by atoms with Gasteiger partial charge in [-0.25, -0.2) is 8.42 Å². The van der Waals surface area contributed by atoms with E-state index in [9.17, 15) is 13.2 Å². The molecule has 0 aromatic heterocycles. The predicted molar refractivity (Wildman–Crippen MR) is 95.6 cm³/mol. The van der Waals surface area contributed by atoms with Crippen molar-refractivity contribution in [3.63, 3.8) is 0 Å². The number of benzene rings is 2. The van der Waals surface area contributed by atoms with Crippen molar-refractivity contribution < 1.29 is 17.9 Å². The lowest BCUT2D eigenvalue weighted by molar-refractivity contribution is -0.120. The van der Waals surface area contributed by atoms with E-state index in [4.69, 9.17) is 10.5 Å². The summed E-state index contributed by atoms with van der Waals surface area (Å²) in [5.74, 6) is -0.358. The zero-order valence-corrected chi connectivity index (χ0v) is 15.7. The molecular weight excluding hydrogens is 394 g/mol. The number of nitrogens with two attached hydrogens (primary N) is 1. The smallest absolute Gasteiger partial charge is 0.239 e. The summed E-state index contributed by atoms with van der Waals surface area (Å²) in [4.78, 5) is 12.1. The summed E-state index contributed by atoms with van der Waals surface area (Å²) in [6.45, 7) is 1.36. The third kappa shape index (κ3) is 3.47. The standard InChI is InChI=1S/C17H18BrNO4S/c1-17(16(19)20,11-12-3-5-13(18)6-4-12)24(21,22)15-9-7-14(23-2)8-10-15/h3-10H,11H2,1-2H3,(H2,19,20). The lowest BCUT2D eigenvalue weighted by Gasteiger charge is -2.26. The average molecular weight is 412 g/mol. The van der Waals surface area contributed by atoms with E-state index in [1.54, 1.807) is 24.3 Å². The SMILES string of the molecule is COc1ccc(S(=O)(=O)C(C)(Cc2ccc(Br)cc2)C(N)=O)cc1. The van der Waals surface area contributed by atoms with E-state index < -0.39 is 20.5 Å². The fourth-order valence-corrected chi connectivity index (χ4v) is 4.22. The van der Waals surface area contributed by atoms with Gasteiger partial charge in [0, 0.05) is 10.9 Å². The summed E-state index contributed by atoms with van der Waals surface area (Å²) < 4.78 is 30.2. The minimum absolute atomic E-state index is 0.00994. The number of primary amides is 1. The molecule has 2 aromatic carbocycles. The lowest BCUT2D eigenvalue weighted by atomic mass is 10.00. The minimum Gasteiger partial charge on any atom is -0.497 e. The molecule has 0 saturated carbocycles. The quantitative estimate of drug-likeness (QED) is 0.791. The first-order valence-corrected chi connectivity index (χ1v) is 9.41. The second-order valence-electron chi connectivity index (χ2n) is 5.58. The van der Waals surface area contributed by atoms with Gasteiger partial charge >= 0.3 is 0 Å². The summed E-state index contributed by atoms with van der Waals surface area (Å²) in [7, 11) is -2.48. The number of methoxy groups -OCH3 is 1. The van der Waals surface area contributed by atoms with E-state index in [2.05, 4.69) is 15.9 Å². The van der Waals surface area contributed by atoms with Gasteiger partial charge in [0.25, 0.3) is 0 Å². The number of halogens is 1. The molecule has 128 valence electrons. The first-order valence-electron chi connectivity index (χ1n) is 7.14. The molecule has 2 aromatic rings. The zero-order chi connectivity index (χ0) is 18.0. The Morgan fingerprint density at radius 1 is 1.12 bits per heavy atom. The molecule has 0 spiro atoms. The van der Waals surface area contributed by atoms with Crippen LogP contribution in [0.3, 0.4) is 0 Å². The fourth-order valence-electron chi connectivity index (χ4n) is 2.32. The third-order valence-electron chi connectivity index (χ3n) is 3.94. The topological polar surface area (TPSA) is 86.5 Å². The van der Waals surface area contributed by atoms with Crippen LogP contribution >= 0.6 is 15.9 Å². The van der Waals surface area contributed by atoms with Gasteiger partial charge in [-0.3, -0.25) is 4.79 Å². The molecule has 0 saturated heterocycles. The number of amides is 1. The van der Waals surface area contributed by atoms with Crippen molar-refractivity contribution in [2.75, 3.05) is 7.11 Å². The first kappa shape index (κ1) is 18.5. The highest BCUT2D eigenvalue weighted by molar-refractivity contribution is 9.10. The van der Waals surface area contributed by atoms with Crippen LogP contribution < -0.4 is 10.5 Å². The number of ether oxygens (including phenoxy) is 1. The molecule has 0 aliphatic rings. The van der Waals surface area contributed by atoms with E-state index in [1.807, 2.05) is 0 Å². The number of hydrogen-bond acceptors (Lipinski definition) is 4. The van der Waals surface area contributed by atoms with E-state index >= 15 is 0 Å². The number of sulfone groups is 1. The van der Waals surface area contributed by atoms with Gasteiger partial charge in [0.2, 0.25) is 5.91 Å². The Bertz CT molecular complexity index is 832. The molecule has 0 heterocycles. The molecule has 24 heavy (non-hydrogen) atoms. The molecule has 5 nitrogen and oxygen atoms in total. The highest BCUT2D eigenvalue weighted by atomic mass is 79.9. The molecule has 7 heteroatoms. The molecule has 1 amide bonds. The maximum absolute atomic E-state index is 13.0. The molecule has 0 aliphatic carbocycles. The van der Waals surface area contributed by atoms with Crippen molar-refractivity contribution in [2.45, 2.75) is 23.0 Å². The van der Waals surface area contributed by atoms with Gasteiger partial charge in [-0.2, -0.15) is 0 Å². The van der Waals surface area contributed by atoms with Crippen LogP contribution in [0.15, 0.2) is 57.9 Å². The van der Waals surface area contributed by atoms with Gasteiger partial charge in [0.05, 0.1) is 12.0 Å². The predicted octanol–water partition coefficient (Wildman–Crippen LogP) is 2.72. The van der Waals surface area contributed by atoms with Gasteiger partial charge in [-0.1, -0.05) is 28.1 Å². The second-order valence-corrected chi connectivity index (χ2v) is 8.87. The molecule has 1 atom stereocenters. The number of rotatable bonds is 6. The summed E-state index contributed by atoms with van der Waals surface area (Å²) in [6.07, 6.45) is -0.00994. The number of carbonyl (C=O) groups excluding carboxylic acids is 1. The summed E-state index contributed by atoms with van der Waals surface area (Å²) in [5.41, 5.74) is 6.18. The lowest BCUT2D eigenvalue weighted by Crippen LogP contribution is -2.49. The Balaban J connectivity index is 2.46. The van der Waals surface area contributed by atoms with Gasteiger partial charge in [0.1, 0.15) is 5.75 Å². The number of carbonyl (C=O) groups is 1. The van der Waals surface area contributed by atoms with Gasteiger partial charge in [-0.05, 0) is 48.9 Å². The number of hydrogen-bond donors (Lipinski definition) is 1.